The fourth-order valence-electron chi connectivity index (χ4n) is 2.72. The lowest BCUT2D eigenvalue weighted by Gasteiger charge is -2.22. The fourth-order valence-corrected chi connectivity index (χ4v) is 4.35. The lowest BCUT2D eigenvalue weighted by atomic mass is 10.1. The van der Waals surface area contributed by atoms with Gasteiger partial charge in [-0.15, -0.1) is 10.2 Å². The van der Waals surface area contributed by atoms with Crippen molar-refractivity contribution in [1.82, 2.24) is 10.2 Å². The van der Waals surface area contributed by atoms with Gasteiger partial charge in [-0.05, 0) is 30.7 Å². The molecule has 0 saturated carbocycles. The maximum atomic E-state index is 13.7. The van der Waals surface area contributed by atoms with Crippen LogP contribution in [0.1, 0.15) is 29.8 Å². The van der Waals surface area contributed by atoms with Crippen LogP contribution in [0.25, 0.3) is 0 Å². The monoisotopic (exact) mass is 337 g/mol. The van der Waals surface area contributed by atoms with Gasteiger partial charge in [0.05, 0.1) is 0 Å². The van der Waals surface area contributed by atoms with Gasteiger partial charge in [-0.3, -0.25) is 0 Å². The van der Waals surface area contributed by atoms with Gasteiger partial charge < -0.3 is 4.90 Å². The van der Waals surface area contributed by atoms with E-state index in [1.165, 1.54) is 25.3 Å². The summed E-state index contributed by atoms with van der Waals surface area (Å²) in [5.74, 6) is -0.170. The highest BCUT2D eigenvalue weighted by Gasteiger charge is 2.20. The minimum Gasteiger partial charge on any atom is -0.346 e. The van der Waals surface area contributed by atoms with Crippen molar-refractivity contribution in [2.45, 2.75) is 30.9 Å². The molecule has 1 aromatic carbocycles. The lowest BCUT2D eigenvalue weighted by Crippen LogP contribution is -2.29. The third kappa shape index (κ3) is 3.79. The van der Waals surface area contributed by atoms with Gasteiger partial charge in [0, 0.05) is 24.8 Å². The number of aromatic nitrogens is 2. The second-order valence-corrected chi connectivity index (χ2v) is 7.72. The Labute approximate surface area is 138 Å². The Morgan fingerprint density at radius 2 is 2.18 bits per heavy atom. The van der Waals surface area contributed by atoms with Crippen LogP contribution >= 0.6 is 23.1 Å². The summed E-state index contributed by atoms with van der Waals surface area (Å²) in [5.41, 5.74) is 0.683. The van der Waals surface area contributed by atoms with Crippen molar-refractivity contribution in [1.29, 1.82) is 0 Å². The summed E-state index contributed by atoms with van der Waals surface area (Å²) in [6.45, 7) is 2.08. The van der Waals surface area contributed by atoms with Crippen LogP contribution in [0.3, 0.4) is 0 Å². The maximum Gasteiger partial charge on any atom is 0.208 e. The van der Waals surface area contributed by atoms with E-state index in [2.05, 4.69) is 21.4 Å². The van der Waals surface area contributed by atoms with Crippen LogP contribution < -0.4 is 4.90 Å². The average molecular weight is 337 g/mol. The van der Waals surface area contributed by atoms with Crippen LogP contribution in [0.15, 0.2) is 24.3 Å². The molecule has 0 aliphatic carbocycles. The summed E-state index contributed by atoms with van der Waals surface area (Å²) < 4.78 is 13.7. The molecule has 2 heterocycles. The number of halogens is 1. The van der Waals surface area contributed by atoms with Gasteiger partial charge in [0.2, 0.25) is 5.13 Å². The molecule has 1 aromatic heterocycles. The predicted octanol–water partition coefficient (Wildman–Crippen LogP) is 3.99. The molecule has 118 valence electrons. The molecule has 1 atom stereocenters. The molecular formula is C16H20FN3S2. The Kier molecular flexibility index (Phi) is 5.31. The Morgan fingerprint density at radius 1 is 1.32 bits per heavy atom. The van der Waals surface area contributed by atoms with E-state index in [-0.39, 0.29) is 5.82 Å². The molecule has 1 fully saturated rings. The number of thioether (sulfide) groups is 1. The minimum atomic E-state index is -0.170. The highest BCUT2D eigenvalue weighted by atomic mass is 32.2. The largest absolute Gasteiger partial charge is 0.346 e. The van der Waals surface area contributed by atoms with Crippen molar-refractivity contribution >= 4 is 28.2 Å². The highest BCUT2D eigenvalue weighted by molar-refractivity contribution is 7.99. The van der Waals surface area contributed by atoms with Crippen LogP contribution in [-0.4, -0.2) is 34.8 Å². The molecule has 0 amide bonds. The highest BCUT2D eigenvalue weighted by Crippen LogP contribution is 2.28. The normalized spacial score (nSPS) is 19.2. The van der Waals surface area contributed by atoms with E-state index in [9.17, 15) is 4.39 Å². The first kappa shape index (κ1) is 15.7. The van der Waals surface area contributed by atoms with Gasteiger partial charge in [-0.1, -0.05) is 36.0 Å². The Balaban J connectivity index is 1.71. The third-order valence-corrected chi connectivity index (χ3v) is 6.02. The minimum absolute atomic E-state index is 0.170. The molecule has 3 nitrogen and oxygen atoms in total. The van der Waals surface area contributed by atoms with E-state index < -0.39 is 0 Å². The molecule has 0 bridgehead atoms. The second kappa shape index (κ2) is 7.42. The number of rotatable bonds is 4. The van der Waals surface area contributed by atoms with Crippen molar-refractivity contribution < 1.29 is 4.39 Å². The summed E-state index contributed by atoms with van der Waals surface area (Å²) in [5, 5.41) is 11.1. The predicted molar refractivity (Wildman–Crippen MR) is 92.5 cm³/mol. The molecule has 1 aliphatic heterocycles. The first-order valence-corrected chi connectivity index (χ1v) is 9.70. The maximum absolute atomic E-state index is 13.7. The molecule has 0 radical (unpaired) electrons. The number of anilines is 1. The summed E-state index contributed by atoms with van der Waals surface area (Å²) in [4.78, 5) is 2.34. The molecule has 0 N–H and O–H groups in total. The molecule has 3 rings (SSSR count). The number of benzene rings is 1. The average Bonchev–Trinajstić information content (AvgIpc) is 2.86. The number of hydrogen-bond donors (Lipinski definition) is 0. The zero-order valence-corrected chi connectivity index (χ0v) is 14.3. The van der Waals surface area contributed by atoms with E-state index >= 15 is 0 Å². The van der Waals surface area contributed by atoms with Crippen molar-refractivity contribution in [3.63, 3.8) is 0 Å². The first-order valence-electron chi connectivity index (χ1n) is 7.60. The molecule has 6 heteroatoms. The number of nitrogens with zero attached hydrogens (tertiary/aromatic N) is 3. The molecule has 2 aromatic rings. The van der Waals surface area contributed by atoms with Gasteiger partial charge in [0.1, 0.15) is 10.8 Å². The second-order valence-electron chi connectivity index (χ2n) is 5.55. The third-order valence-electron chi connectivity index (χ3n) is 3.99. The Bertz CT molecular complexity index is 617. The summed E-state index contributed by atoms with van der Waals surface area (Å²) in [6, 6.07) is 6.88. The quantitative estimate of drug-likeness (QED) is 0.843. The lowest BCUT2D eigenvalue weighted by molar-refractivity contribution is 0.613. The van der Waals surface area contributed by atoms with E-state index in [0.717, 1.165) is 23.2 Å². The van der Waals surface area contributed by atoms with Crippen LogP contribution in [0, 0.1) is 5.82 Å². The van der Waals surface area contributed by atoms with Crippen molar-refractivity contribution in [2.24, 2.45) is 0 Å². The van der Waals surface area contributed by atoms with E-state index in [1.54, 1.807) is 17.4 Å². The van der Waals surface area contributed by atoms with Gasteiger partial charge in [-0.2, -0.15) is 11.8 Å². The SMILES string of the molecule is CSC1CCCCN(c2nnc(Cc3ccccc3F)s2)C1. The molecule has 1 aliphatic rings. The van der Waals surface area contributed by atoms with E-state index in [0.29, 0.717) is 17.2 Å². The van der Waals surface area contributed by atoms with E-state index in [1.807, 2.05) is 23.9 Å². The van der Waals surface area contributed by atoms with Crippen LogP contribution in [-0.2, 0) is 6.42 Å². The smallest absolute Gasteiger partial charge is 0.208 e. The molecule has 1 saturated heterocycles. The molecule has 1 unspecified atom stereocenters. The molecule has 0 spiro atoms. The Morgan fingerprint density at radius 3 is 3.00 bits per heavy atom. The molecular weight excluding hydrogens is 317 g/mol. The van der Waals surface area contributed by atoms with Crippen LogP contribution in [0.4, 0.5) is 9.52 Å². The van der Waals surface area contributed by atoms with Crippen molar-refractivity contribution in [2.75, 3.05) is 24.2 Å². The zero-order valence-electron chi connectivity index (χ0n) is 12.7. The summed E-state index contributed by atoms with van der Waals surface area (Å²) >= 11 is 3.53. The first-order chi connectivity index (χ1) is 10.8. The fraction of sp³-hybridized carbons (Fsp3) is 0.500. The Hall–Kier alpha value is -1.14. The van der Waals surface area contributed by atoms with E-state index in [4.69, 9.17) is 0 Å². The van der Waals surface area contributed by atoms with Gasteiger partial charge in [0.15, 0.2) is 0 Å². The molecule has 22 heavy (non-hydrogen) atoms. The number of hydrogen-bond acceptors (Lipinski definition) is 5. The topological polar surface area (TPSA) is 29.0 Å². The summed E-state index contributed by atoms with van der Waals surface area (Å²) in [7, 11) is 0. The van der Waals surface area contributed by atoms with Crippen LogP contribution in [0.2, 0.25) is 0 Å². The summed E-state index contributed by atoms with van der Waals surface area (Å²) in [6.07, 6.45) is 6.46. The van der Waals surface area contributed by atoms with Gasteiger partial charge in [0.25, 0.3) is 0 Å². The standard InChI is InChI=1S/C16H20FN3S2/c1-21-13-7-4-5-9-20(11-13)16-19-18-15(22-16)10-12-6-2-3-8-14(12)17/h2-3,6,8,13H,4-5,7,9-11H2,1H3. The van der Waals surface area contributed by atoms with Crippen LogP contribution in [0.5, 0.6) is 0 Å². The zero-order chi connectivity index (χ0) is 15.4. The van der Waals surface area contributed by atoms with Crippen molar-refractivity contribution in [3.8, 4) is 0 Å². The van der Waals surface area contributed by atoms with Crippen molar-refractivity contribution in [3.05, 3.63) is 40.7 Å². The van der Waals surface area contributed by atoms with Gasteiger partial charge in [-0.25, -0.2) is 4.39 Å². The van der Waals surface area contributed by atoms with Gasteiger partial charge >= 0.3 is 0 Å².